The summed E-state index contributed by atoms with van der Waals surface area (Å²) in [6, 6.07) is 13.2. The number of benzene rings is 2. The molecule has 0 aliphatic carbocycles. The molecule has 0 amide bonds. The molecule has 2 aromatic rings. The highest BCUT2D eigenvalue weighted by molar-refractivity contribution is 7.86. The van der Waals surface area contributed by atoms with E-state index < -0.39 is 27.1 Å². The van der Waals surface area contributed by atoms with Gasteiger partial charge in [0.1, 0.15) is 4.90 Å². The van der Waals surface area contributed by atoms with Crippen LogP contribution < -0.4 is 10.1 Å². The maximum Gasteiger partial charge on any atom is 0.573 e. The summed E-state index contributed by atoms with van der Waals surface area (Å²) in [4.78, 5) is -0.873. The first-order valence-corrected chi connectivity index (χ1v) is 9.49. The van der Waals surface area contributed by atoms with E-state index in [-0.39, 0.29) is 5.92 Å². The van der Waals surface area contributed by atoms with Gasteiger partial charge in [-0.1, -0.05) is 18.2 Å². The first-order valence-electron chi connectivity index (χ1n) is 8.05. The van der Waals surface area contributed by atoms with E-state index in [1.807, 2.05) is 24.3 Å². The maximum atomic E-state index is 12.3. The molecule has 2 N–H and O–H groups in total. The summed E-state index contributed by atoms with van der Waals surface area (Å²) < 4.78 is 72.0. The van der Waals surface area contributed by atoms with E-state index in [1.54, 1.807) is 19.1 Å². The normalized spacial score (nSPS) is 14.3. The van der Waals surface area contributed by atoms with E-state index in [4.69, 9.17) is 9.81 Å². The monoisotopic (exact) mass is 414 g/mol. The molecule has 150 valence electrons. The fourth-order valence-corrected chi connectivity index (χ4v) is 3.18. The minimum atomic E-state index is -5.04. The number of alkyl halides is 3. The molecular weight excluding hydrogens is 397 g/mol. The van der Waals surface area contributed by atoms with Crippen molar-refractivity contribution < 1.29 is 30.9 Å². The molecule has 0 spiro atoms. The Morgan fingerprint density at radius 2 is 1.82 bits per heavy atom. The summed E-state index contributed by atoms with van der Waals surface area (Å²) in [5.74, 6) is -0.913. The molecule has 1 fully saturated rings. The Morgan fingerprint density at radius 3 is 2.21 bits per heavy atom. The summed E-state index contributed by atoms with van der Waals surface area (Å²) in [7, 11) is -4.81. The number of aryl methyl sites for hydroxylation is 1. The number of nitriles is 1. The number of halogens is 3. The number of nitrogens with zero attached hydrogens (tertiary/aromatic N) is 1. The summed E-state index contributed by atoms with van der Waals surface area (Å²) in [5.41, 5.74) is 1.77. The first-order chi connectivity index (χ1) is 13.0. The Kier molecular flexibility index (Phi) is 6.66. The van der Waals surface area contributed by atoms with Gasteiger partial charge in [-0.25, -0.2) is 0 Å². The number of hydrogen-bond acceptors (Lipinski definition) is 5. The van der Waals surface area contributed by atoms with Crippen LogP contribution >= 0.6 is 0 Å². The van der Waals surface area contributed by atoms with Crippen molar-refractivity contribution in [2.45, 2.75) is 24.1 Å². The molecule has 2 aromatic carbocycles. The van der Waals surface area contributed by atoms with Crippen LogP contribution in [-0.2, 0) is 10.1 Å². The quantitative estimate of drug-likeness (QED) is 0.747. The zero-order valence-corrected chi connectivity index (χ0v) is 15.5. The highest BCUT2D eigenvalue weighted by Crippen LogP contribution is 2.35. The third-order valence-corrected chi connectivity index (χ3v) is 4.84. The zero-order chi connectivity index (χ0) is 20.9. The zero-order valence-electron chi connectivity index (χ0n) is 14.7. The highest BCUT2D eigenvalue weighted by Gasteiger charge is 2.35. The van der Waals surface area contributed by atoms with Crippen LogP contribution in [0.4, 0.5) is 13.2 Å². The van der Waals surface area contributed by atoms with Gasteiger partial charge < -0.3 is 10.1 Å². The molecule has 6 nitrogen and oxygen atoms in total. The largest absolute Gasteiger partial charge is 0.573 e. The molecule has 28 heavy (non-hydrogen) atoms. The summed E-state index contributed by atoms with van der Waals surface area (Å²) in [6.45, 7) is 2.77. The first kappa shape index (κ1) is 21.7. The third-order valence-electron chi connectivity index (χ3n) is 3.96. The van der Waals surface area contributed by atoms with Crippen LogP contribution in [-0.4, -0.2) is 32.4 Å². The Bertz CT molecular complexity index is 967. The van der Waals surface area contributed by atoms with E-state index in [0.717, 1.165) is 12.1 Å². The van der Waals surface area contributed by atoms with Crippen molar-refractivity contribution in [3.63, 3.8) is 0 Å². The van der Waals surface area contributed by atoms with Crippen LogP contribution in [0.5, 0.6) is 5.75 Å². The Hall–Kier alpha value is -2.61. The molecular formula is C18H17F3N2O4S. The molecule has 1 aliphatic heterocycles. The van der Waals surface area contributed by atoms with Crippen molar-refractivity contribution in [3.8, 4) is 11.8 Å². The van der Waals surface area contributed by atoms with Gasteiger partial charge in [-0.3, -0.25) is 4.55 Å². The Morgan fingerprint density at radius 1 is 1.21 bits per heavy atom. The van der Waals surface area contributed by atoms with E-state index in [0.29, 0.717) is 29.8 Å². The smallest absolute Gasteiger partial charge is 0.404 e. The lowest BCUT2D eigenvalue weighted by molar-refractivity contribution is -0.275. The van der Waals surface area contributed by atoms with Gasteiger partial charge in [0, 0.05) is 19.0 Å². The van der Waals surface area contributed by atoms with Crippen molar-refractivity contribution in [2.24, 2.45) is 0 Å². The maximum absolute atomic E-state index is 12.3. The molecule has 1 saturated heterocycles. The Balaban J connectivity index is 0.000000292. The molecule has 0 unspecified atom stereocenters. The number of nitrogens with one attached hydrogen (secondary N) is 1. The van der Waals surface area contributed by atoms with Crippen LogP contribution in [0.2, 0.25) is 0 Å². The molecule has 1 heterocycles. The number of hydrogen-bond donors (Lipinski definition) is 2. The van der Waals surface area contributed by atoms with Crippen molar-refractivity contribution in [2.75, 3.05) is 13.1 Å². The predicted octanol–water partition coefficient (Wildman–Crippen LogP) is 3.39. The van der Waals surface area contributed by atoms with Crippen LogP contribution in [0, 0.1) is 18.3 Å². The minimum Gasteiger partial charge on any atom is -0.404 e. The van der Waals surface area contributed by atoms with Crippen LogP contribution in [0.15, 0.2) is 47.4 Å². The number of rotatable bonds is 3. The molecule has 0 aromatic heterocycles. The van der Waals surface area contributed by atoms with Gasteiger partial charge >= 0.3 is 6.36 Å². The van der Waals surface area contributed by atoms with Crippen LogP contribution in [0.3, 0.4) is 0 Å². The molecule has 0 radical (unpaired) electrons. The highest BCUT2D eigenvalue weighted by atomic mass is 32.2. The average Bonchev–Trinajstić information content (AvgIpc) is 2.54. The fourth-order valence-electron chi connectivity index (χ4n) is 2.54. The lowest BCUT2D eigenvalue weighted by Crippen LogP contribution is -2.40. The summed E-state index contributed by atoms with van der Waals surface area (Å²) >= 11 is 0. The van der Waals surface area contributed by atoms with Crippen molar-refractivity contribution >= 4 is 10.1 Å². The van der Waals surface area contributed by atoms with Crippen LogP contribution in [0.1, 0.15) is 22.6 Å². The third kappa shape index (κ3) is 5.95. The molecule has 10 heteroatoms. The van der Waals surface area contributed by atoms with Gasteiger partial charge in [0.25, 0.3) is 10.1 Å². The summed E-state index contributed by atoms with van der Waals surface area (Å²) in [5, 5.41) is 11.3. The second-order valence-electron chi connectivity index (χ2n) is 6.01. The van der Waals surface area contributed by atoms with Gasteiger partial charge in [-0.05, 0) is 42.3 Å². The summed E-state index contributed by atoms with van der Waals surface area (Å²) in [6.07, 6.45) is -5.04. The molecule has 3 rings (SSSR count). The van der Waals surface area contributed by atoms with Gasteiger partial charge in [0.05, 0.1) is 11.6 Å². The van der Waals surface area contributed by atoms with Crippen molar-refractivity contribution in [3.05, 3.63) is 59.2 Å². The predicted molar refractivity (Wildman–Crippen MR) is 94.4 cm³/mol. The van der Waals surface area contributed by atoms with E-state index >= 15 is 0 Å². The Labute approximate surface area is 160 Å². The standard InChI is InChI=1S/C11H12F3NO4S.C7H5N/c1-6-2-9(19-11(12,13)14)10(20(16,17)18)3-8(6)7-4-15-5-7;8-6-7-4-2-1-3-5-7/h2-3,7,15H,4-5H2,1H3,(H,16,17,18);1-5H. The van der Waals surface area contributed by atoms with Gasteiger partial charge in [-0.2, -0.15) is 13.7 Å². The van der Waals surface area contributed by atoms with Crippen LogP contribution in [0.25, 0.3) is 0 Å². The molecule has 1 aliphatic rings. The van der Waals surface area contributed by atoms with Crippen molar-refractivity contribution in [1.29, 1.82) is 5.26 Å². The minimum absolute atomic E-state index is 0.00966. The topological polar surface area (TPSA) is 99.4 Å². The van der Waals surface area contributed by atoms with Crippen molar-refractivity contribution in [1.82, 2.24) is 5.32 Å². The fraction of sp³-hybridized carbons (Fsp3) is 0.278. The SMILES string of the molecule is Cc1cc(OC(F)(F)F)c(S(=O)(=O)O)cc1C1CNC1.N#Cc1ccccc1. The molecule has 0 saturated carbocycles. The molecule has 0 atom stereocenters. The number of ether oxygens (including phenoxy) is 1. The van der Waals surface area contributed by atoms with E-state index in [2.05, 4.69) is 10.1 Å². The van der Waals surface area contributed by atoms with Gasteiger partial charge in [0.2, 0.25) is 0 Å². The van der Waals surface area contributed by atoms with Gasteiger partial charge in [-0.15, -0.1) is 13.2 Å². The van der Waals surface area contributed by atoms with E-state index in [1.165, 1.54) is 0 Å². The lowest BCUT2D eigenvalue weighted by atomic mass is 9.90. The van der Waals surface area contributed by atoms with Gasteiger partial charge in [0.15, 0.2) is 5.75 Å². The average molecular weight is 414 g/mol. The second-order valence-corrected chi connectivity index (χ2v) is 7.40. The molecule has 0 bridgehead atoms. The second kappa shape index (κ2) is 8.60. The van der Waals surface area contributed by atoms with E-state index in [9.17, 15) is 21.6 Å². The lowest BCUT2D eigenvalue weighted by Gasteiger charge is -2.29.